The number of rotatable bonds is 7. The summed E-state index contributed by atoms with van der Waals surface area (Å²) in [5.74, 6) is 1.24. The van der Waals surface area contributed by atoms with Crippen LogP contribution in [-0.4, -0.2) is 17.0 Å². The van der Waals surface area contributed by atoms with Crippen LogP contribution in [0.1, 0.15) is 37.4 Å². The average Bonchev–Trinajstić information content (AvgIpc) is 2.95. The van der Waals surface area contributed by atoms with E-state index in [1.165, 1.54) is 0 Å². The van der Waals surface area contributed by atoms with E-state index in [4.69, 9.17) is 15.2 Å². The van der Waals surface area contributed by atoms with Gasteiger partial charge in [0, 0.05) is 11.3 Å². The molecule has 0 spiro atoms. The van der Waals surface area contributed by atoms with Crippen molar-refractivity contribution in [3.8, 4) is 11.5 Å². The van der Waals surface area contributed by atoms with Crippen LogP contribution in [0.15, 0.2) is 29.6 Å². The first-order valence-electron chi connectivity index (χ1n) is 7.09. The molecule has 0 fully saturated rings. The van der Waals surface area contributed by atoms with Gasteiger partial charge < -0.3 is 15.2 Å². The molecule has 1 atom stereocenters. The monoisotopic (exact) mass is 320 g/mol. The SMILES string of the molecule is CC(C)c1nc(COc2ccc(O[C@H](C)C(N)=O)cc2)cs1. The van der Waals surface area contributed by atoms with Gasteiger partial charge in [-0.2, -0.15) is 0 Å². The number of hydrogen-bond donors (Lipinski definition) is 1. The minimum Gasteiger partial charge on any atom is -0.487 e. The number of carbonyl (C=O) groups is 1. The predicted octanol–water partition coefficient (Wildman–Crippen LogP) is 3.10. The van der Waals surface area contributed by atoms with Crippen LogP contribution in [0.25, 0.3) is 0 Å². The van der Waals surface area contributed by atoms with Gasteiger partial charge in [0.25, 0.3) is 5.91 Å². The van der Waals surface area contributed by atoms with E-state index in [0.717, 1.165) is 16.5 Å². The molecule has 2 aromatic rings. The summed E-state index contributed by atoms with van der Waals surface area (Å²) in [6, 6.07) is 7.07. The number of hydrogen-bond acceptors (Lipinski definition) is 5. The Morgan fingerprint density at radius 3 is 2.41 bits per heavy atom. The van der Waals surface area contributed by atoms with Crippen LogP contribution in [-0.2, 0) is 11.4 Å². The normalized spacial score (nSPS) is 12.2. The van der Waals surface area contributed by atoms with Gasteiger partial charge >= 0.3 is 0 Å². The van der Waals surface area contributed by atoms with E-state index in [2.05, 4.69) is 18.8 Å². The first-order valence-corrected chi connectivity index (χ1v) is 7.97. The lowest BCUT2D eigenvalue weighted by Crippen LogP contribution is -2.30. The number of ether oxygens (including phenoxy) is 2. The quantitative estimate of drug-likeness (QED) is 0.850. The number of carbonyl (C=O) groups excluding carboxylic acids is 1. The standard InChI is InChI=1S/C16H20N2O3S/c1-10(2)16-18-12(9-22-16)8-20-13-4-6-14(7-5-13)21-11(3)15(17)19/h4-7,9-11H,8H2,1-3H3,(H2,17,19)/t11-/m1/s1. The Balaban J connectivity index is 1.89. The van der Waals surface area contributed by atoms with Crippen molar-refractivity contribution in [1.82, 2.24) is 4.98 Å². The highest BCUT2D eigenvalue weighted by atomic mass is 32.1. The van der Waals surface area contributed by atoms with Gasteiger partial charge in [0.15, 0.2) is 6.10 Å². The second-order valence-electron chi connectivity index (χ2n) is 5.25. The summed E-state index contributed by atoms with van der Waals surface area (Å²) < 4.78 is 11.1. The molecule has 0 saturated heterocycles. The molecule has 0 aliphatic heterocycles. The maximum atomic E-state index is 10.9. The van der Waals surface area contributed by atoms with Crippen LogP contribution in [0.3, 0.4) is 0 Å². The lowest BCUT2D eigenvalue weighted by atomic mass is 10.2. The molecular formula is C16H20N2O3S. The van der Waals surface area contributed by atoms with Gasteiger partial charge in [-0.3, -0.25) is 4.79 Å². The summed E-state index contributed by atoms with van der Waals surface area (Å²) in [4.78, 5) is 15.5. The van der Waals surface area contributed by atoms with E-state index in [1.807, 2.05) is 5.38 Å². The van der Waals surface area contributed by atoms with Crippen LogP contribution in [0.5, 0.6) is 11.5 Å². The molecule has 6 heteroatoms. The van der Waals surface area contributed by atoms with Crippen LogP contribution >= 0.6 is 11.3 Å². The molecular weight excluding hydrogens is 300 g/mol. The maximum Gasteiger partial charge on any atom is 0.258 e. The summed E-state index contributed by atoms with van der Waals surface area (Å²) in [6.45, 7) is 6.28. The molecule has 5 nitrogen and oxygen atoms in total. The summed E-state index contributed by atoms with van der Waals surface area (Å²) >= 11 is 1.65. The van der Waals surface area contributed by atoms with Crippen molar-refractivity contribution in [2.45, 2.75) is 39.4 Å². The van der Waals surface area contributed by atoms with Crippen molar-refractivity contribution in [2.24, 2.45) is 5.73 Å². The number of thiazole rings is 1. The molecule has 22 heavy (non-hydrogen) atoms. The molecule has 0 saturated carbocycles. The minimum absolute atomic E-state index is 0.432. The van der Waals surface area contributed by atoms with E-state index >= 15 is 0 Å². The Labute approximate surface area is 134 Å². The Bertz CT molecular complexity index is 623. The highest BCUT2D eigenvalue weighted by molar-refractivity contribution is 7.09. The molecule has 118 valence electrons. The number of amides is 1. The van der Waals surface area contributed by atoms with Crippen molar-refractivity contribution in [3.63, 3.8) is 0 Å². The topological polar surface area (TPSA) is 74.4 Å². The molecule has 1 amide bonds. The molecule has 0 radical (unpaired) electrons. The molecule has 1 heterocycles. The minimum atomic E-state index is -0.656. The zero-order valence-electron chi connectivity index (χ0n) is 12.9. The second-order valence-corrected chi connectivity index (χ2v) is 6.14. The molecule has 1 aromatic carbocycles. The van der Waals surface area contributed by atoms with Crippen molar-refractivity contribution in [3.05, 3.63) is 40.3 Å². The van der Waals surface area contributed by atoms with Crippen molar-refractivity contribution in [2.75, 3.05) is 0 Å². The van der Waals surface area contributed by atoms with Gasteiger partial charge in [0.05, 0.1) is 10.7 Å². The van der Waals surface area contributed by atoms with Crippen molar-refractivity contribution < 1.29 is 14.3 Å². The Morgan fingerprint density at radius 2 is 1.86 bits per heavy atom. The van der Waals surface area contributed by atoms with Crippen molar-refractivity contribution in [1.29, 1.82) is 0 Å². The molecule has 0 aliphatic rings. The zero-order valence-corrected chi connectivity index (χ0v) is 13.7. The third-order valence-electron chi connectivity index (χ3n) is 2.99. The molecule has 0 aliphatic carbocycles. The van der Waals surface area contributed by atoms with Gasteiger partial charge in [0.2, 0.25) is 0 Å². The lowest BCUT2D eigenvalue weighted by Gasteiger charge is -2.11. The Kier molecular flexibility index (Phi) is 5.38. The van der Waals surface area contributed by atoms with Gasteiger partial charge in [-0.25, -0.2) is 4.98 Å². The van der Waals surface area contributed by atoms with Crippen molar-refractivity contribution >= 4 is 17.2 Å². The first kappa shape index (κ1) is 16.3. The van der Waals surface area contributed by atoms with Gasteiger partial charge in [-0.1, -0.05) is 13.8 Å². The first-order chi connectivity index (χ1) is 10.5. The van der Waals surface area contributed by atoms with E-state index in [1.54, 1.807) is 42.5 Å². The van der Waals surface area contributed by atoms with Crippen LogP contribution in [0.2, 0.25) is 0 Å². The zero-order chi connectivity index (χ0) is 16.1. The fraction of sp³-hybridized carbons (Fsp3) is 0.375. The number of nitrogens with zero attached hydrogens (tertiary/aromatic N) is 1. The number of aromatic nitrogens is 1. The Hall–Kier alpha value is -2.08. The maximum absolute atomic E-state index is 10.9. The number of primary amides is 1. The number of benzene rings is 1. The largest absolute Gasteiger partial charge is 0.487 e. The molecule has 0 bridgehead atoms. The lowest BCUT2D eigenvalue weighted by molar-refractivity contribution is -0.123. The van der Waals surface area contributed by atoms with Gasteiger partial charge in [-0.05, 0) is 31.2 Å². The molecule has 1 aromatic heterocycles. The van der Waals surface area contributed by atoms with E-state index < -0.39 is 12.0 Å². The van der Waals surface area contributed by atoms with E-state index in [9.17, 15) is 4.79 Å². The van der Waals surface area contributed by atoms with Crippen LogP contribution in [0.4, 0.5) is 0 Å². The van der Waals surface area contributed by atoms with Crippen LogP contribution < -0.4 is 15.2 Å². The van der Waals surface area contributed by atoms with E-state index in [-0.39, 0.29) is 0 Å². The molecule has 2 N–H and O–H groups in total. The summed E-state index contributed by atoms with van der Waals surface area (Å²) in [5.41, 5.74) is 6.08. The summed E-state index contributed by atoms with van der Waals surface area (Å²) in [6.07, 6.45) is -0.656. The smallest absolute Gasteiger partial charge is 0.258 e. The highest BCUT2D eigenvalue weighted by Crippen LogP contribution is 2.22. The predicted molar refractivity (Wildman–Crippen MR) is 86.3 cm³/mol. The fourth-order valence-corrected chi connectivity index (χ4v) is 2.51. The summed E-state index contributed by atoms with van der Waals surface area (Å²) in [5, 5.41) is 3.13. The third-order valence-corrected chi connectivity index (χ3v) is 4.18. The molecule has 0 unspecified atom stereocenters. The second kappa shape index (κ2) is 7.26. The van der Waals surface area contributed by atoms with Crippen LogP contribution in [0, 0.1) is 0 Å². The van der Waals surface area contributed by atoms with Gasteiger partial charge in [-0.15, -0.1) is 11.3 Å². The van der Waals surface area contributed by atoms with E-state index in [0.29, 0.717) is 18.3 Å². The highest BCUT2D eigenvalue weighted by Gasteiger charge is 2.10. The fourth-order valence-electron chi connectivity index (χ4n) is 1.69. The summed E-state index contributed by atoms with van der Waals surface area (Å²) in [7, 11) is 0. The van der Waals surface area contributed by atoms with Gasteiger partial charge in [0.1, 0.15) is 18.1 Å². The number of nitrogens with two attached hydrogens (primary N) is 1. The average molecular weight is 320 g/mol. The molecule has 2 rings (SSSR count). The Morgan fingerprint density at radius 1 is 1.23 bits per heavy atom. The third kappa shape index (κ3) is 4.46.